The molecule has 1 aromatic heterocycles. The number of piperazine rings is 1. The summed E-state index contributed by atoms with van der Waals surface area (Å²) in [7, 11) is 0. The lowest BCUT2D eigenvalue weighted by atomic mass is 10.0. The number of alkyl halides is 3. The molecule has 0 radical (unpaired) electrons. The molecule has 2 aliphatic rings. The van der Waals surface area contributed by atoms with Crippen molar-refractivity contribution in [3.63, 3.8) is 0 Å². The number of benzene rings is 1. The normalized spacial score (nSPS) is 17.2. The van der Waals surface area contributed by atoms with E-state index in [9.17, 15) is 22.8 Å². The molecule has 9 heteroatoms. The minimum Gasteiger partial charge on any atom is -0.335 e. The van der Waals surface area contributed by atoms with E-state index >= 15 is 0 Å². The fourth-order valence-electron chi connectivity index (χ4n) is 3.97. The summed E-state index contributed by atoms with van der Waals surface area (Å²) in [4.78, 5) is 28.6. The van der Waals surface area contributed by atoms with Crippen LogP contribution in [0.25, 0.3) is 0 Å². The maximum atomic E-state index is 13.2. The summed E-state index contributed by atoms with van der Waals surface area (Å²) in [5, 5.41) is 4.29. The molecule has 3 heterocycles. The Morgan fingerprint density at radius 2 is 1.48 bits per heavy atom. The Balaban J connectivity index is 1.44. The Hall–Kier alpha value is -2.84. The zero-order valence-electron chi connectivity index (χ0n) is 15.8. The van der Waals surface area contributed by atoms with E-state index in [0.717, 1.165) is 37.6 Å². The van der Waals surface area contributed by atoms with Gasteiger partial charge in [0.05, 0.1) is 28.6 Å². The third kappa shape index (κ3) is 3.73. The molecule has 0 unspecified atom stereocenters. The van der Waals surface area contributed by atoms with Gasteiger partial charge in [0, 0.05) is 32.7 Å². The van der Waals surface area contributed by atoms with Crippen molar-refractivity contribution in [1.29, 1.82) is 0 Å². The van der Waals surface area contributed by atoms with Crippen molar-refractivity contribution in [3.8, 4) is 0 Å². The quantitative estimate of drug-likeness (QED) is 0.771. The molecule has 0 aliphatic carbocycles. The van der Waals surface area contributed by atoms with E-state index in [-0.39, 0.29) is 37.6 Å². The average Bonchev–Trinajstić information content (AvgIpc) is 3.16. The molecule has 0 atom stereocenters. The summed E-state index contributed by atoms with van der Waals surface area (Å²) in [6.07, 6.45) is -0.116. The number of hydrogen-bond donors (Lipinski definition) is 0. The van der Waals surface area contributed by atoms with Gasteiger partial charge in [-0.2, -0.15) is 18.3 Å². The van der Waals surface area contributed by atoms with Crippen LogP contribution in [0.3, 0.4) is 0 Å². The van der Waals surface area contributed by atoms with Gasteiger partial charge in [0.25, 0.3) is 11.8 Å². The second kappa shape index (κ2) is 7.53. The van der Waals surface area contributed by atoms with Crippen molar-refractivity contribution < 1.29 is 22.8 Å². The zero-order valence-corrected chi connectivity index (χ0v) is 15.8. The molecule has 0 saturated carbocycles. The molecule has 0 bridgehead atoms. The predicted molar refractivity (Wildman–Crippen MR) is 98.4 cm³/mol. The number of fused-ring (bicyclic) bond motifs is 1. The summed E-state index contributed by atoms with van der Waals surface area (Å²) in [5.41, 5.74) is 0.242. The molecular weight excluding hydrogens is 385 g/mol. The third-order valence-corrected chi connectivity index (χ3v) is 5.53. The maximum absolute atomic E-state index is 13.2. The van der Waals surface area contributed by atoms with E-state index in [0.29, 0.717) is 5.56 Å². The van der Waals surface area contributed by atoms with Crippen LogP contribution in [0.15, 0.2) is 30.5 Å². The first-order valence-corrected chi connectivity index (χ1v) is 9.65. The second-order valence-corrected chi connectivity index (χ2v) is 7.31. The van der Waals surface area contributed by atoms with Crippen LogP contribution < -0.4 is 0 Å². The van der Waals surface area contributed by atoms with Crippen LogP contribution in [0.4, 0.5) is 13.2 Å². The largest absolute Gasteiger partial charge is 0.417 e. The number of nitrogens with zero attached hydrogens (tertiary/aromatic N) is 4. The summed E-state index contributed by atoms with van der Waals surface area (Å²) >= 11 is 0. The van der Waals surface area contributed by atoms with Gasteiger partial charge in [0.15, 0.2) is 0 Å². The highest BCUT2D eigenvalue weighted by Crippen LogP contribution is 2.32. The average molecular weight is 406 g/mol. The Bertz CT molecular complexity index is 930. The molecule has 2 aliphatic heterocycles. The van der Waals surface area contributed by atoms with Crippen LogP contribution in [-0.4, -0.2) is 57.6 Å². The molecule has 2 amide bonds. The topological polar surface area (TPSA) is 58.4 Å². The van der Waals surface area contributed by atoms with Gasteiger partial charge in [-0.05, 0) is 31.4 Å². The second-order valence-electron chi connectivity index (χ2n) is 7.31. The number of carbonyl (C=O) groups excluding carboxylic acids is 2. The molecule has 0 N–H and O–H groups in total. The van der Waals surface area contributed by atoms with Crippen molar-refractivity contribution in [2.24, 2.45) is 0 Å². The fourth-order valence-corrected chi connectivity index (χ4v) is 3.97. The third-order valence-electron chi connectivity index (χ3n) is 5.53. The molecule has 29 heavy (non-hydrogen) atoms. The number of aromatic nitrogens is 2. The zero-order chi connectivity index (χ0) is 20.6. The highest BCUT2D eigenvalue weighted by Gasteiger charge is 2.37. The molecule has 0 spiro atoms. The summed E-state index contributed by atoms with van der Waals surface area (Å²) in [6.45, 7) is 1.76. The Morgan fingerprint density at radius 1 is 0.862 bits per heavy atom. The van der Waals surface area contributed by atoms with Crippen LogP contribution in [0.2, 0.25) is 0 Å². The van der Waals surface area contributed by atoms with Gasteiger partial charge in [-0.15, -0.1) is 0 Å². The SMILES string of the molecule is O=C(c1ccccc1C(F)(F)F)N1CCN(C(=O)c2cnn3c2CCCC3)CC1. The first kappa shape index (κ1) is 19.5. The number of hydrogen-bond acceptors (Lipinski definition) is 3. The Kier molecular flexibility index (Phi) is 5.06. The van der Waals surface area contributed by atoms with Crippen LogP contribution in [-0.2, 0) is 19.1 Å². The van der Waals surface area contributed by atoms with Crippen molar-refractivity contribution in [2.75, 3.05) is 26.2 Å². The van der Waals surface area contributed by atoms with Crippen LogP contribution in [0.1, 0.15) is 44.8 Å². The Labute approximate surface area is 165 Å². The lowest BCUT2D eigenvalue weighted by Crippen LogP contribution is -2.51. The van der Waals surface area contributed by atoms with E-state index in [2.05, 4.69) is 5.10 Å². The number of carbonyl (C=O) groups is 2. The van der Waals surface area contributed by atoms with Crippen molar-refractivity contribution >= 4 is 11.8 Å². The van der Waals surface area contributed by atoms with Gasteiger partial charge in [-0.1, -0.05) is 12.1 Å². The van der Waals surface area contributed by atoms with Crippen molar-refractivity contribution in [2.45, 2.75) is 32.0 Å². The van der Waals surface area contributed by atoms with E-state index in [1.165, 1.54) is 23.1 Å². The minimum atomic E-state index is -4.59. The summed E-state index contributed by atoms with van der Waals surface area (Å²) in [5.74, 6) is -0.788. The number of aryl methyl sites for hydroxylation is 1. The summed E-state index contributed by atoms with van der Waals surface area (Å²) < 4.78 is 41.5. The first-order chi connectivity index (χ1) is 13.9. The van der Waals surface area contributed by atoms with Crippen LogP contribution in [0.5, 0.6) is 0 Å². The van der Waals surface area contributed by atoms with Gasteiger partial charge < -0.3 is 9.80 Å². The molecule has 4 rings (SSSR count). The molecule has 154 valence electrons. The molecule has 1 aromatic carbocycles. The monoisotopic (exact) mass is 406 g/mol. The van der Waals surface area contributed by atoms with Crippen molar-refractivity contribution in [1.82, 2.24) is 19.6 Å². The van der Waals surface area contributed by atoms with Crippen LogP contribution >= 0.6 is 0 Å². The molecule has 2 aromatic rings. The van der Waals surface area contributed by atoms with E-state index in [1.807, 2.05) is 4.68 Å². The molecule has 6 nitrogen and oxygen atoms in total. The van der Waals surface area contributed by atoms with Gasteiger partial charge in [-0.25, -0.2) is 0 Å². The lowest BCUT2D eigenvalue weighted by molar-refractivity contribution is -0.138. The van der Waals surface area contributed by atoms with E-state index in [4.69, 9.17) is 0 Å². The maximum Gasteiger partial charge on any atom is 0.417 e. The molecule has 1 fully saturated rings. The van der Waals surface area contributed by atoms with Gasteiger partial charge in [0.1, 0.15) is 0 Å². The fraction of sp³-hybridized carbons (Fsp3) is 0.450. The number of amides is 2. The van der Waals surface area contributed by atoms with Gasteiger partial charge in [-0.3, -0.25) is 14.3 Å². The standard InChI is InChI=1S/C20H21F3N4O2/c21-20(22,23)16-6-2-1-5-14(16)18(28)25-9-11-26(12-10-25)19(29)15-13-24-27-8-4-3-7-17(15)27/h1-2,5-6,13H,3-4,7-12H2. The molecular formula is C20H21F3N4O2. The highest BCUT2D eigenvalue weighted by atomic mass is 19.4. The van der Waals surface area contributed by atoms with Crippen molar-refractivity contribution in [3.05, 3.63) is 52.8 Å². The van der Waals surface area contributed by atoms with E-state index in [1.54, 1.807) is 11.1 Å². The molecule has 1 saturated heterocycles. The first-order valence-electron chi connectivity index (χ1n) is 9.65. The highest BCUT2D eigenvalue weighted by molar-refractivity contribution is 5.97. The Morgan fingerprint density at radius 3 is 2.14 bits per heavy atom. The van der Waals surface area contributed by atoms with Gasteiger partial charge >= 0.3 is 6.18 Å². The number of rotatable bonds is 2. The van der Waals surface area contributed by atoms with E-state index < -0.39 is 17.6 Å². The predicted octanol–water partition coefficient (Wildman–Crippen LogP) is 2.84. The lowest BCUT2D eigenvalue weighted by Gasteiger charge is -2.35. The summed E-state index contributed by atoms with van der Waals surface area (Å²) in [6, 6.07) is 4.80. The number of halogens is 3. The van der Waals surface area contributed by atoms with Crippen LogP contribution in [0, 0.1) is 0 Å². The smallest absolute Gasteiger partial charge is 0.335 e. The van der Waals surface area contributed by atoms with Gasteiger partial charge in [0.2, 0.25) is 0 Å². The minimum absolute atomic E-state index is 0.129.